The predicted molar refractivity (Wildman–Crippen MR) is 124 cm³/mol. The average Bonchev–Trinajstić information content (AvgIpc) is 2.78. The van der Waals surface area contributed by atoms with Crippen molar-refractivity contribution in [3.63, 3.8) is 0 Å². The number of amides is 1. The number of carbonyl (C=O) groups is 1. The van der Waals surface area contributed by atoms with Gasteiger partial charge in [-0.05, 0) is 31.9 Å². The molecule has 0 bridgehead atoms. The molecule has 0 aromatic heterocycles. The van der Waals surface area contributed by atoms with E-state index < -0.39 is 36.2 Å². The third-order valence-corrected chi connectivity index (χ3v) is 5.54. The smallest absolute Gasteiger partial charge is 0.223 e. The lowest BCUT2D eigenvalue weighted by atomic mass is 9.95. The molecule has 1 aliphatic rings. The van der Waals surface area contributed by atoms with Gasteiger partial charge in [0.25, 0.3) is 0 Å². The minimum absolute atomic E-state index is 0.0345. The molecule has 3 rings (SSSR count). The van der Waals surface area contributed by atoms with Crippen molar-refractivity contribution in [2.45, 2.75) is 76.7 Å². The summed E-state index contributed by atoms with van der Waals surface area (Å²) in [5.41, 5.74) is 0.909. The van der Waals surface area contributed by atoms with E-state index in [-0.39, 0.29) is 12.3 Å². The molecule has 1 amide bonds. The third kappa shape index (κ3) is 7.62. The van der Waals surface area contributed by atoms with Crippen molar-refractivity contribution in [3.05, 3.63) is 71.8 Å². The van der Waals surface area contributed by atoms with Gasteiger partial charge in [0.1, 0.15) is 12.2 Å². The van der Waals surface area contributed by atoms with Gasteiger partial charge in [0, 0.05) is 7.11 Å². The first-order valence-electron chi connectivity index (χ1n) is 11.3. The van der Waals surface area contributed by atoms with Crippen LogP contribution >= 0.6 is 0 Å². The third-order valence-electron chi connectivity index (χ3n) is 5.54. The SMILES string of the molecule is COC1C(OCc2ccccc2)[C@H](NC(=O)CC(C)(C)O)C(C)O[C@H]1OCc1ccccc1. The van der Waals surface area contributed by atoms with Crippen LogP contribution in [0.25, 0.3) is 0 Å². The van der Waals surface area contributed by atoms with Crippen LogP contribution in [0.4, 0.5) is 0 Å². The van der Waals surface area contributed by atoms with E-state index in [0.717, 1.165) is 11.1 Å². The number of hydrogen-bond acceptors (Lipinski definition) is 6. The summed E-state index contributed by atoms with van der Waals surface area (Å²) in [6.07, 6.45) is -2.20. The summed E-state index contributed by atoms with van der Waals surface area (Å²) in [6.45, 7) is 5.78. The van der Waals surface area contributed by atoms with E-state index in [0.29, 0.717) is 13.2 Å². The number of methoxy groups -OCH3 is 1. The van der Waals surface area contributed by atoms with E-state index >= 15 is 0 Å². The van der Waals surface area contributed by atoms with Crippen LogP contribution in [0.2, 0.25) is 0 Å². The Morgan fingerprint density at radius 1 is 0.970 bits per heavy atom. The van der Waals surface area contributed by atoms with Crippen LogP contribution in [0.5, 0.6) is 0 Å². The number of carbonyl (C=O) groups excluding carboxylic acids is 1. The lowest BCUT2D eigenvalue weighted by Gasteiger charge is -2.45. The predicted octanol–water partition coefficient (Wildman–Crippen LogP) is 3.19. The van der Waals surface area contributed by atoms with Gasteiger partial charge in [-0.25, -0.2) is 0 Å². The molecule has 0 spiro atoms. The van der Waals surface area contributed by atoms with E-state index in [1.807, 2.05) is 67.6 Å². The first-order valence-corrected chi connectivity index (χ1v) is 11.3. The molecule has 1 heterocycles. The Morgan fingerprint density at radius 3 is 2.03 bits per heavy atom. The van der Waals surface area contributed by atoms with Crippen molar-refractivity contribution in [3.8, 4) is 0 Å². The van der Waals surface area contributed by atoms with Gasteiger partial charge in [-0.15, -0.1) is 0 Å². The summed E-state index contributed by atoms with van der Waals surface area (Å²) >= 11 is 0. The summed E-state index contributed by atoms with van der Waals surface area (Å²) in [5, 5.41) is 13.0. The first-order chi connectivity index (χ1) is 15.8. The Kier molecular flexibility index (Phi) is 9.00. The van der Waals surface area contributed by atoms with Gasteiger partial charge in [-0.3, -0.25) is 4.79 Å². The van der Waals surface area contributed by atoms with Crippen molar-refractivity contribution >= 4 is 5.91 Å². The van der Waals surface area contributed by atoms with Crippen LogP contribution in [-0.4, -0.2) is 54.4 Å². The van der Waals surface area contributed by atoms with E-state index in [9.17, 15) is 9.90 Å². The van der Waals surface area contributed by atoms with E-state index in [1.165, 1.54) is 0 Å². The van der Waals surface area contributed by atoms with Gasteiger partial charge in [0.05, 0.1) is 37.4 Å². The van der Waals surface area contributed by atoms with Gasteiger partial charge >= 0.3 is 0 Å². The van der Waals surface area contributed by atoms with Crippen LogP contribution < -0.4 is 5.32 Å². The molecule has 0 saturated carbocycles. The van der Waals surface area contributed by atoms with Crippen molar-refractivity contribution in [2.24, 2.45) is 0 Å². The standard InChI is InChI=1S/C26H35NO6/c1-18-22(27-21(28)15-26(2,3)29)23(31-16-19-11-7-5-8-12-19)24(30-4)25(33-18)32-17-20-13-9-6-10-14-20/h5-14,18,22-25,29H,15-17H2,1-4H3,(H,27,28)/t18?,22-,23?,24?,25-/m1/s1. The number of hydrogen-bond donors (Lipinski definition) is 2. The molecule has 1 aliphatic heterocycles. The Morgan fingerprint density at radius 2 is 1.52 bits per heavy atom. The molecule has 0 aliphatic carbocycles. The molecule has 5 atom stereocenters. The lowest BCUT2D eigenvalue weighted by Crippen LogP contribution is -2.64. The normalized spacial score (nSPS) is 25.5. The van der Waals surface area contributed by atoms with Crippen LogP contribution in [0.3, 0.4) is 0 Å². The maximum Gasteiger partial charge on any atom is 0.223 e. The molecule has 0 radical (unpaired) electrons. The zero-order chi connectivity index (χ0) is 23.8. The van der Waals surface area contributed by atoms with Crippen molar-refractivity contribution in [1.29, 1.82) is 0 Å². The van der Waals surface area contributed by atoms with Gasteiger partial charge in [0.2, 0.25) is 5.91 Å². The van der Waals surface area contributed by atoms with Crippen LogP contribution in [-0.2, 0) is 37.0 Å². The maximum atomic E-state index is 12.6. The number of nitrogens with one attached hydrogen (secondary N) is 1. The highest BCUT2D eigenvalue weighted by Crippen LogP contribution is 2.28. The number of ether oxygens (including phenoxy) is 4. The highest BCUT2D eigenvalue weighted by Gasteiger charge is 2.47. The molecule has 3 unspecified atom stereocenters. The summed E-state index contributed by atoms with van der Waals surface area (Å²) in [6, 6.07) is 19.2. The van der Waals surface area contributed by atoms with Crippen LogP contribution in [0, 0.1) is 0 Å². The number of rotatable bonds is 10. The molecule has 2 aromatic rings. The van der Waals surface area contributed by atoms with Crippen molar-refractivity contribution < 1.29 is 28.8 Å². The minimum Gasteiger partial charge on any atom is -0.390 e. The second-order valence-electron chi connectivity index (χ2n) is 9.05. The monoisotopic (exact) mass is 457 g/mol. The molecule has 2 N–H and O–H groups in total. The van der Waals surface area contributed by atoms with Gasteiger partial charge in [-0.1, -0.05) is 60.7 Å². The second-order valence-corrected chi connectivity index (χ2v) is 9.05. The zero-order valence-corrected chi connectivity index (χ0v) is 19.8. The Balaban J connectivity index is 1.76. The molecule has 7 heteroatoms. The zero-order valence-electron chi connectivity index (χ0n) is 19.8. The van der Waals surface area contributed by atoms with E-state index in [1.54, 1.807) is 21.0 Å². The number of aliphatic hydroxyl groups is 1. The van der Waals surface area contributed by atoms with Crippen molar-refractivity contribution in [1.82, 2.24) is 5.32 Å². The largest absolute Gasteiger partial charge is 0.390 e. The highest BCUT2D eigenvalue weighted by atomic mass is 16.7. The molecule has 1 fully saturated rings. The Hall–Kier alpha value is -2.29. The summed E-state index contributed by atoms with van der Waals surface area (Å²) < 4.78 is 24.3. The van der Waals surface area contributed by atoms with Gasteiger partial charge < -0.3 is 29.4 Å². The molecule has 2 aromatic carbocycles. The molecule has 7 nitrogen and oxygen atoms in total. The Labute approximate surface area is 196 Å². The molecule has 180 valence electrons. The molecule has 1 saturated heterocycles. The fraction of sp³-hybridized carbons (Fsp3) is 0.500. The van der Waals surface area contributed by atoms with Gasteiger partial charge in [0.15, 0.2) is 6.29 Å². The Bertz CT molecular complexity index is 854. The lowest BCUT2D eigenvalue weighted by molar-refractivity contribution is -0.289. The second kappa shape index (κ2) is 11.7. The summed E-state index contributed by atoms with van der Waals surface area (Å²) in [4.78, 5) is 12.6. The minimum atomic E-state index is -1.12. The molecular weight excluding hydrogens is 422 g/mol. The topological polar surface area (TPSA) is 86.3 Å². The average molecular weight is 458 g/mol. The van der Waals surface area contributed by atoms with Crippen molar-refractivity contribution in [2.75, 3.05) is 7.11 Å². The van der Waals surface area contributed by atoms with Crippen LogP contribution in [0.1, 0.15) is 38.3 Å². The van der Waals surface area contributed by atoms with E-state index in [4.69, 9.17) is 18.9 Å². The quantitative estimate of drug-likeness (QED) is 0.570. The van der Waals surface area contributed by atoms with Crippen LogP contribution in [0.15, 0.2) is 60.7 Å². The fourth-order valence-electron chi connectivity index (χ4n) is 3.93. The summed E-state index contributed by atoms with van der Waals surface area (Å²) in [7, 11) is 1.58. The molecule has 33 heavy (non-hydrogen) atoms. The molecular formula is C26H35NO6. The highest BCUT2D eigenvalue weighted by molar-refractivity contribution is 5.77. The first kappa shape index (κ1) is 25.3. The van der Waals surface area contributed by atoms with E-state index in [2.05, 4.69) is 5.32 Å². The van der Waals surface area contributed by atoms with Gasteiger partial charge in [-0.2, -0.15) is 0 Å². The number of benzene rings is 2. The summed E-state index contributed by atoms with van der Waals surface area (Å²) in [5.74, 6) is -0.283. The maximum absolute atomic E-state index is 12.6. The fourth-order valence-corrected chi connectivity index (χ4v) is 3.93.